The Morgan fingerprint density at radius 1 is 0.609 bits per heavy atom. The minimum atomic E-state index is -1.57. The summed E-state index contributed by atoms with van der Waals surface area (Å²) < 4.78 is 0. The molecule has 37 heteroatoms. The van der Waals surface area contributed by atoms with Crippen LogP contribution in [0.1, 0.15) is 103 Å². The summed E-state index contributed by atoms with van der Waals surface area (Å²) in [5.74, 6) is -0.0487. The maximum absolute atomic E-state index is 12.5. The van der Waals surface area contributed by atoms with Crippen molar-refractivity contribution in [2.24, 2.45) is 0 Å². The number of anilines is 1. The number of benzene rings is 1. The van der Waals surface area contributed by atoms with Crippen molar-refractivity contribution in [3.05, 3.63) is 24.3 Å². The lowest BCUT2D eigenvalue weighted by molar-refractivity contribution is -0.121. The molecule has 1 aromatic rings. The summed E-state index contributed by atoms with van der Waals surface area (Å²) in [6.07, 6.45) is 5.07. The summed E-state index contributed by atoms with van der Waals surface area (Å²) >= 11 is 0. The first-order valence-corrected chi connectivity index (χ1v) is 23.0. The second kappa shape index (κ2) is 36.9. The molecule has 0 saturated heterocycles. The predicted molar refractivity (Wildman–Crippen MR) is 313 cm³/mol. The molecule has 7 nitrogen and oxygen atoms in total. The van der Waals surface area contributed by atoms with E-state index in [1.165, 1.54) is 64.8 Å². The fourth-order valence-electron chi connectivity index (χ4n) is 8.51. The number of hydrogen-bond donors (Lipinski definition) is 5. The van der Waals surface area contributed by atoms with Crippen LogP contribution in [0, 0.1) is 0 Å². The van der Waals surface area contributed by atoms with Gasteiger partial charge in [0, 0.05) is 225 Å². The molecule has 1 unspecified atom stereocenters. The van der Waals surface area contributed by atoms with E-state index in [1.54, 1.807) is 31.3 Å². The predicted octanol–water partition coefficient (Wildman–Crippen LogP) is -7.16. The van der Waals surface area contributed by atoms with Crippen molar-refractivity contribution in [1.29, 1.82) is 0 Å². The third-order valence-corrected chi connectivity index (χ3v) is 11.9. The molecule has 64 heavy (non-hydrogen) atoms. The SMILES string of the molecule is CCCCCCCCCCCCCC(=O)NCCCCC(NC)C(=O)Nc1cccc(B(O)O)c1.[B][B]B(B([B])[B])B(B(B([B])[B])B([B])[B])B(B(B([B])[B])B([B])[B])B(B([B])[B])B([B])[B]. The maximum Gasteiger partial charge on any atom is 0.488 e. The number of amides is 2. The van der Waals surface area contributed by atoms with Gasteiger partial charge in [-0.15, -0.1) is 0 Å². The molecular formula is C27H48B30N3O4. The zero-order chi connectivity index (χ0) is 48.9. The summed E-state index contributed by atoms with van der Waals surface area (Å²) in [6.45, 7) is 2.88. The van der Waals surface area contributed by atoms with E-state index in [0.29, 0.717) is 30.5 Å². The van der Waals surface area contributed by atoms with Crippen molar-refractivity contribution in [2.45, 2.75) is 109 Å². The van der Waals surface area contributed by atoms with Crippen molar-refractivity contribution >= 4 is 236 Å². The van der Waals surface area contributed by atoms with Crippen molar-refractivity contribution in [2.75, 3.05) is 18.9 Å². The van der Waals surface area contributed by atoms with Crippen LogP contribution < -0.4 is 21.4 Å². The number of carbonyl (C=O) groups excluding carboxylic acids is 2. The Morgan fingerprint density at radius 2 is 1.06 bits per heavy atom. The van der Waals surface area contributed by atoms with Crippen LogP contribution in [-0.4, -0.2) is 255 Å². The molecule has 0 saturated carbocycles. The second-order valence-corrected chi connectivity index (χ2v) is 17.2. The van der Waals surface area contributed by atoms with Gasteiger partial charge in [0.2, 0.25) is 11.8 Å². The molecule has 5 N–H and O–H groups in total. The highest BCUT2D eigenvalue weighted by Gasteiger charge is 2.51. The highest BCUT2D eigenvalue weighted by Crippen LogP contribution is 2.15. The number of nitrogens with one attached hydrogen (secondary N) is 3. The van der Waals surface area contributed by atoms with Crippen LogP contribution in [-0.2, 0) is 9.59 Å². The van der Waals surface area contributed by atoms with Crippen molar-refractivity contribution in [3.63, 3.8) is 0 Å². The zero-order valence-electron chi connectivity index (χ0n) is 38.7. The lowest BCUT2D eigenvalue weighted by atomic mass is 8.32. The van der Waals surface area contributed by atoms with Gasteiger partial charge in [0.05, 0.1) is 6.04 Å². The van der Waals surface area contributed by atoms with Crippen LogP contribution in [0.15, 0.2) is 24.3 Å². The topological polar surface area (TPSA) is 111 Å². The Kier molecular flexibility index (Phi) is 36.9. The quantitative estimate of drug-likeness (QED) is 0.0352. The first-order valence-electron chi connectivity index (χ1n) is 23.0. The van der Waals surface area contributed by atoms with Crippen LogP contribution in [0.2, 0.25) is 0 Å². The van der Waals surface area contributed by atoms with Gasteiger partial charge in [-0.2, -0.15) is 0 Å². The molecule has 0 aliphatic carbocycles. The maximum atomic E-state index is 12.5. The lowest BCUT2D eigenvalue weighted by Gasteiger charge is -2.49. The molecule has 0 heterocycles. The Hall–Kier alpha value is -0.0119. The van der Waals surface area contributed by atoms with Gasteiger partial charge in [-0.3, -0.25) is 9.59 Å². The van der Waals surface area contributed by atoms with Crippen molar-refractivity contribution in [1.82, 2.24) is 10.6 Å². The zero-order valence-corrected chi connectivity index (χ0v) is 38.7. The highest BCUT2D eigenvalue weighted by atomic mass is 16.4. The summed E-state index contributed by atoms with van der Waals surface area (Å²) in [6, 6.07) is 6.14. The van der Waals surface area contributed by atoms with E-state index in [0.717, 1.165) is 25.7 Å². The first kappa shape index (κ1) is 64.0. The monoisotopic (exact) mass is 809 g/mol. The van der Waals surface area contributed by atoms with Gasteiger partial charge in [0.25, 0.3) is 0 Å². The molecule has 0 spiro atoms. The molecule has 0 aliphatic heterocycles. The van der Waals surface area contributed by atoms with E-state index in [9.17, 15) is 19.6 Å². The van der Waals surface area contributed by atoms with Gasteiger partial charge >= 0.3 is 7.12 Å². The molecule has 285 valence electrons. The van der Waals surface area contributed by atoms with E-state index < -0.39 is 90.1 Å². The molecule has 0 bridgehead atoms. The van der Waals surface area contributed by atoms with Gasteiger partial charge in [-0.25, -0.2) is 0 Å². The number of hydrogen-bond acceptors (Lipinski definition) is 5. The van der Waals surface area contributed by atoms with Crippen molar-refractivity contribution < 1.29 is 19.6 Å². The molecule has 0 aromatic heterocycles. The third kappa shape index (κ3) is 25.6. The number of carbonyl (C=O) groups is 2. The summed E-state index contributed by atoms with van der Waals surface area (Å²) in [4.78, 5) is 24.5. The lowest BCUT2D eigenvalue weighted by Crippen LogP contribution is -2.87. The molecule has 0 aliphatic rings. The number of likely N-dealkylation sites (N-methyl/N-ethyl adjacent to an activating group) is 1. The van der Waals surface area contributed by atoms with E-state index in [-0.39, 0.29) is 17.9 Å². The van der Waals surface area contributed by atoms with Gasteiger partial charge in [0.1, 0.15) is 0 Å². The largest absolute Gasteiger partial charge is 0.488 e. The van der Waals surface area contributed by atoms with E-state index >= 15 is 0 Å². The van der Waals surface area contributed by atoms with Gasteiger partial charge in [0.15, 0.2) is 0 Å². The highest BCUT2D eigenvalue weighted by molar-refractivity contribution is 8.26. The Morgan fingerprint density at radius 3 is 1.47 bits per heavy atom. The standard InChI is InChI=1S/C27H48BN3O4.B29/c1-3-4-5-6-7-8-9-10-11-12-13-20-26(32)30-21-15-14-19-25(29-2)27(33)31-24-18-16-17-23(22-24)28(34)35;1-16-24(17(2)3)28(25(18(4)5)19(6)7)29(26(20(8)9)21(10)11)27(22(12)13)23(14)15/h16-18,22,25,29,34-35H,3-15,19-21H2,1-2H3,(H,30,32)(H,31,33);. The summed E-state index contributed by atoms with van der Waals surface area (Å²) in [7, 11) is 91.4. The van der Waals surface area contributed by atoms with E-state index in [4.69, 9.17) is 116 Å². The van der Waals surface area contributed by atoms with Crippen LogP contribution in [0.3, 0.4) is 0 Å². The smallest absolute Gasteiger partial charge is 0.423 e. The first-order chi connectivity index (χ1) is 30.2. The van der Waals surface area contributed by atoms with Crippen molar-refractivity contribution in [3.8, 4) is 0 Å². The molecule has 1 atom stereocenters. The van der Waals surface area contributed by atoms with Crippen LogP contribution >= 0.6 is 0 Å². The van der Waals surface area contributed by atoms with Gasteiger partial charge in [-0.05, 0) is 50.3 Å². The Bertz CT molecular complexity index is 1320. The Balaban J connectivity index is 0.00000126. The molecular weight excluding hydrogens is 755 g/mol. The number of unbranched alkanes of at least 4 members (excludes halogenated alkanes) is 11. The number of rotatable bonds is 34. The van der Waals surface area contributed by atoms with E-state index in [1.807, 2.05) is 0 Å². The summed E-state index contributed by atoms with van der Waals surface area (Å²) in [5, 5.41) is 27.4. The average Bonchev–Trinajstić information content (AvgIpc) is 3.20. The van der Waals surface area contributed by atoms with Gasteiger partial charge < -0.3 is 26.0 Å². The van der Waals surface area contributed by atoms with Crippen LogP contribution in [0.25, 0.3) is 0 Å². The molecule has 1 rings (SSSR count). The molecule has 2 amide bonds. The minimum absolute atomic E-state index is 0.120. The van der Waals surface area contributed by atoms with Gasteiger partial charge in [-0.1, -0.05) is 83.3 Å². The van der Waals surface area contributed by atoms with Crippen LogP contribution in [0.5, 0.6) is 0 Å². The second-order valence-electron chi connectivity index (χ2n) is 17.2. The molecule has 1 aromatic carbocycles. The molecule has 31 radical (unpaired) electrons. The fraction of sp³-hybridized carbons (Fsp3) is 0.704. The Labute approximate surface area is 416 Å². The normalized spacial score (nSPS) is 10.7. The minimum Gasteiger partial charge on any atom is -0.423 e. The fourth-order valence-corrected chi connectivity index (χ4v) is 8.51. The summed E-state index contributed by atoms with van der Waals surface area (Å²) in [5.41, 5.74) is 0.850. The van der Waals surface area contributed by atoms with E-state index in [2.05, 4.69) is 22.9 Å². The third-order valence-electron chi connectivity index (χ3n) is 11.9. The molecule has 0 fully saturated rings. The van der Waals surface area contributed by atoms with Crippen LogP contribution in [0.4, 0.5) is 5.69 Å². The average molecular weight is 803 g/mol.